The Kier molecular flexibility index (Phi) is 7.63. The molecule has 150 valence electrons. The lowest BCUT2D eigenvalue weighted by molar-refractivity contribution is 0.0389. The number of rotatable bonds is 7. The number of nitrogens with zero attached hydrogens (tertiary/aromatic N) is 3. The Hall–Kier alpha value is -1.48. The maximum Gasteiger partial charge on any atom is 0.187 e. The van der Waals surface area contributed by atoms with E-state index in [1.165, 1.54) is 11.4 Å². The third-order valence-corrected chi connectivity index (χ3v) is 5.45. The highest BCUT2D eigenvalue weighted by Crippen LogP contribution is 2.19. The van der Waals surface area contributed by atoms with E-state index < -0.39 is 0 Å². The molecule has 2 N–H and O–H groups in total. The lowest BCUT2D eigenvalue weighted by atomic mass is 10.2. The van der Waals surface area contributed by atoms with E-state index in [4.69, 9.17) is 21.7 Å². The maximum atomic E-state index is 5.77. The van der Waals surface area contributed by atoms with Gasteiger partial charge in [-0.3, -0.25) is 10.3 Å². The van der Waals surface area contributed by atoms with E-state index in [2.05, 4.69) is 45.2 Å². The summed E-state index contributed by atoms with van der Waals surface area (Å²) in [6, 6.07) is 2.16. The minimum absolute atomic E-state index is 0.334. The molecule has 8 heteroatoms. The highest BCUT2D eigenvalue weighted by Gasteiger charge is 2.18. The number of hydrazone groups is 1. The third-order valence-electron chi connectivity index (χ3n) is 5.21. The number of nitrogens with one attached hydrogen (secondary N) is 2. The van der Waals surface area contributed by atoms with Crippen LogP contribution in [0.5, 0.6) is 0 Å². The van der Waals surface area contributed by atoms with Crippen molar-refractivity contribution >= 4 is 23.5 Å². The van der Waals surface area contributed by atoms with Crippen molar-refractivity contribution in [2.24, 2.45) is 5.10 Å². The molecule has 2 fully saturated rings. The quantitative estimate of drug-likeness (QED) is 0.415. The molecule has 3 heterocycles. The summed E-state index contributed by atoms with van der Waals surface area (Å²) in [7, 11) is 0. The number of hydrogen-bond donors (Lipinski definition) is 2. The van der Waals surface area contributed by atoms with Crippen molar-refractivity contribution < 1.29 is 9.47 Å². The topological polar surface area (TPSA) is 63.0 Å². The van der Waals surface area contributed by atoms with Gasteiger partial charge in [-0.1, -0.05) is 0 Å². The predicted octanol–water partition coefficient (Wildman–Crippen LogP) is 1.41. The smallest absolute Gasteiger partial charge is 0.187 e. The SMILES string of the molecule is Cc1cc(/C=N\NC(=S)NCCN2CCOCC2)c(C)n1C[C@@H]1CCCO1. The summed E-state index contributed by atoms with van der Waals surface area (Å²) in [6.07, 6.45) is 4.48. The molecule has 2 aliphatic rings. The van der Waals surface area contributed by atoms with Crippen LogP contribution in [0.3, 0.4) is 0 Å². The number of hydrogen-bond acceptors (Lipinski definition) is 5. The largest absolute Gasteiger partial charge is 0.379 e. The van der Waals surface area contributed by atoms with E-state index in [9.17, 15) is 0 Å². The molecule has 0 spiro atoms. The van der Waals surface area contributed by atoms with Gasteiger partial charge >= 0.3 is 0 Å². The number of morpholine rings is 1. The number of aromatic nitrogens is 1. The molecule has 1 aromatic heterocycles. The van der Waals surface area contributed by atoms with E-state index in [0.29, 0.717) is 11.2 Å². The number of thiocarbonyl (C=S) groups is 1. The van der Waals surface area contributed by atoms with Gasteiger partial charge in [-0.25, -0.2) is 0 Å². The van der Waals surface area contributed by atoms with Gasteiger partial charge in [0.25, 0.3) is 0 Å². The van der Waals surface area contributed by atoms with Crippen LogP contribution in [0.15, 0.2) is 11.2 Å². The van der Waals surface area contributed by atoms with Gasteiger partial charge in [0, 0.05) is 56.3 Å². The summed E-state index contributed by atoms with van der Waals surface area (Å²) in [5.41, 5.74) is 6.46. The Bertz CT molecular complexity index is 649. The predicted molar refractivity (Wildman–Crippen MR) is 111 cm³/mol. The number of aryl methyl sites for hydroxylation is 1. The second-order valence-corrected chi connectivity index (χ2v) is 7.56. The zero-order valence-corrected chi connectivity index (χ0v) is 17.2. The monoisotopic (exact) mass is 393 g/mol. The highest BCUT2D eigenvalue weighted by atomic mass is 32.1. The summed E-state index contributed by atoms with van der Waals surface area (Å²) in [6.45, 7) is 11.4. The molecule has 27 heavy (non-hydrogen) atoms. The second-order valence-electron chi connectivity index (χ2n) is 7.15. The molecule has 2 aliphatic heterocycles. The standard InChI is InChI=1S/C19H31N5O2S/c1-15-12-17(16(2)24(15)14-18-4-3-9-26-18)13-21-22-19(27)20-5-6-23-7-10-25-11-8-23/h12-13,18H,3-11,14H2,1-2H3,(H2,20,22,27)/b21-13-/t18-/m0/s1. The van der Waals surface area contributed by atoms with Gasteiger partial charge in [0.15, 0.2) is 5.11 Å². The molecular weight excluding hydrogens is 362 g/mol. The van der Waals surface area contributed by atoms with Crippen LogP contribution in [0.2, 0.25) is 0 Å². The number of ether oxygens (including phenoxy) is 2. The molecule has 0 unspecified atom stereocenters. The Labute approximate surface area is 167 Å². The zero-order chi connectivity index (χ0) is 19.1. The fourth-order valence-corrected chi connectivity index (χ4v) is 3.74. The molecule has 1 aromatic rings. The van der Waals surface area contributed by atoms with Gasteiger partial charge in [-0.2, -0.15) is 5.10 Å². The van der Waals surface area contributed by atoms with Gasteiger partial charge < -0.3 is 19.4 Å². The molecule has 7 nitrogen and oxygen atoms in total. The fourth-order valence-electron chi connectivity index (χ4n) is 3.58. The van der Waals surface area contributed by atoms with E-state index >= 15 is 0 Å². The normalized spacial score (nSPS) is 21.0. The van der Waals surface area contributed by atoms with Crippen molar-refractivity contribution in [3.63, 3.8) is 0 Å². The fraction of sp³-hybridized carbons (Fsp3) is 0.684. The van der Waals surface area contributed by atoms with Crippen molar-refractivity contribution in [2.45, 2.75) is 39.3 Å². The first-order chi connectivity index (χ1) is 13.1. The van der Waals surface area contributed by atoms with Crippen LogP contribution < -0.4 is 10.7 Å². The molecule has 0 saturated carbocycles. The van der Waals surface area contributed by atoms with Gasteiger partial charge in [0.2, 0.25) is 0 Å². The summed E-state index contributed by atoms with van der Waals surface area (Å²) >= 11 is 5.29. The van der Waals surface area contributed by atoms with Crippen LogP contribution >= 0.6 is 12.2 Å². The first-order valence-corrected chi connectivity index (χ1v) is 10.2. The van der Waals surface area contributed by atoms with E-state index in [1.807, 2.05) is 6.21 Å². The summed E-state index contributed by atoms with van der Waals surface area (Å²) < 4.78 is 13.4. The van der Waals surface area contributed by atoms with E-state index in [1.54, 1.807) is 0 Å². The first kappa shape index (κ1) is 20.3. The minimum atomic E-state index is 0.334. The van der Waals surface area contributed by atoms with Crippen molar-refractivity contribution in [3.8, 4) is 0 Å². The Morgan fingerprint density at radius 1 is 1.33 bits per heavy atom. The van der Waals surface area contributed by atoms with Crippen LogP contribution in [-0.2, 0) is 16.0 Å². The average molecular weight is 394 g/mol. The lowest BCUT2D eigenvalue weighted by Gasteiger charge is -2.26. The van der Waals surface area contributed by atoms with E-state index in [0.717, 1.165) is 70.9 Å². The highest BCUT2D eigenvalue weighted by molar-refractivity contribution is 7.80. The van der Waals surface area contributed by atoms with Crippen LogP contribution in [0.4, 0.5) is 0 Å². The van der Waals surface area contributed by atoms with Gasteiger partial charge in [-0.15, -0.1) is 0 Å². The van der Waals surface area contributed by atoms with Crippen molar-refractivity contribution in [1.82, 2.24) is 20.2 Å². The van der Waals surface area contributed by atoms with Gasteiger partial charge in [-0.05, 0) is 45.0 Å². The van der Waals surface area contributed by atoms with Crippen LogP contribution in [-0.4, -0.2) is 72.9 Å². The lowest BCUT2D eigenvalue weighted by Crippen LogP contribution is -2.42. The third kappa shape index (κ3) is 6.00. The first-order valence-electron chi connectivity index (χ1n) is 9.79. The van der Waals surface area contributed by atoms with Gasteiger partial charge in [0.05, 0.1) is 25.5 Å². The minimum Gasteiger partial charge on any atom is -0.379 e. The molecule has 0 aromatic carbocycles. The summed E-state index contributed by atoms with van der Waals surface area (Å²) in [5, 5.41) is 8.04. The van der Waals surface area contributed by atoms with Crippen molar-refractivity contribution in [3.05, 3.63) is 23.0 Å². The molecule has 1 atom stereocenters. The Balaban J connectivity index is 1.42. The molecule has 0 radical (unpaired) electrons. The van der Waals surface area contributed by atoms with E-state index in [-0.39, 0.29) is 0 Å². The second kappa shape index (κ2) is 10.2. The van der Waals surface area contributed by atoms with Crippen molar-refractivity contribution in [1.29, 1.82) is 0 Å². The van der Waals surface area contributed by atoms with Gasteiger partial charge in [0.1, 0.15) is 0 Å². The molecule has 3 rings (SSSR count). The summed E-state index contributed by atoms with van der Waals surface area (Å²) in [5.74, 6) is 0. The molecule has 0 bridgehead atoms. The Morgan fingerprint density at radius 2 is 2.15 bits per heavy atom. The summed E-state index contributed by atoms with van der Waals surface area (Å²) in [4.78, 5) is 2.37. The van der Waals surface area contributed by atoms with Crippen LogP contribution in [0.1, 0.15) is 29.8 Å². The van der Waals surface area contributed by atoms with Crippen LogP contribution in [0, 0.1) is 13.8 Å². The molecular formula is C19H31N5O2S. The van der Waals surface area contributed by atoms with Crippen molar-refractivity contribution in [2.75, 3.05) is 46.0 Å². The molecule has 0 aliphatic carbocycles. The Morgan fingerprint density at radius 3 is 2.89 bits per heavy atom. The molecule has 2 saturated heterocycles. The van der Waals surface area contributed by atoms with Crippen LogP contribution in [0.25, 0.3) is 0 Å². The zero-order valence-electron chi connectivity index (χ0n) is 16.4. The maximum absolute atomic E-state index is 5.77. The average Bonchev–Trinajstić information content (AvgIpc) is 3.27. The molecule has 0 amide bonds.